The van der Waals surface area contributed by atoms with Crippen molar-refractivity contribution in [2.45, 2.75) is 31.6 Å². The zero-order valence-electron chi connectivity index (χ0n) is 11.7. The number of thioether (sulfide) groups is 1. The molecule has 0 amide bonds. The standard InChI is InChI=1S/C14H17Cl2FN2S/c1-14(2,20-3)8-19-12-7-10(17)9(16)6-11(12)18-13(19)4-5-15/h6-7H,4-5,8H2,1-3H3. The minimum Gasteiger partial charge on any atom is -0.326 e. The van der Waals surface area contributed by atoms with Crippen LogP contribution in [0.5, 0.6) is 0 Å². The topological polar surface area (TPSA) is 17.8 Å². The fourth-order valence-electron chi connectivity index (χ4n) is 2.07. The van der Waals surface area contributed by atoms with Crippen LogP contribution in [0.4, 0.5) is 4.39 Å². The van der Waals surface area contributed by atoms with Gasteiger partial charge in [0.05, 0.1) is 16.1 Å². The van der Waals surface area contributed by atoms with Crippen LogP contribution in [-0.2, 0) is 13.0 Å². The summed E-state index contributed by atoms with van der Waals surface area (Å²) in [6.45, 7) is 5.05. The monoisotopic (exact) mass is 334 g/mol. The number of hydrogen-bond donors (Lipinski definition) is 0. The second-order valence-corrected chi connectivity index (χ2v) is 7.57. The summed E-state index contributed by atoms with van der Waals surface area (Å²) in [7, 11) is 0. The van der Waals surface area contributed by atoms with Crippen molar-refractivity contribution in [3.05, 3.63) is 28.8 Å². The predicted octanol–water partition coefficient (Wildman–Crippen LogP) is 4.75. The Kier molecular flexibility index (Phi) is 4.88. The molecule has 110 valence electrons. The van der Waals surface area contributed by atoms with E-state index in [0.29, 0.717) is 17.8 Å². The van der Waals surface area contributed by atoms with Crippen LogP contribution in [0.25, 0.3) is 11.0 Å². The van der Waals surface area contributed by atoms with Crippen molar-refractivity contribution in [3.8, 4) is 0 Å². The number of benzene rings is 1. The lowest BCUT2D eigenvalue weighted by Crippen LogP contribution is -2.24. The SMILES string of the molecule is CSC(C)(C)Cn1c(CCCl)nc2cc(Cl)c(F)cc21. The van der Waals surface area contributed by atoms with Gasteiger partial charge in [-0.2, -0.15) is 11.8 Å². The summed E-state index contributed by atoms with van der Waals surface area (Å²) < 4.78 is 15.8. The largest absolute Gasteiger partial charge is 0.326 e. The molecular weight excluding hydrogens is 318 g/mol. The summed E-state index contributed by atoms with van der Waals surface area (Å²) in [6, 6.07) is 3.03. The van der Waals surface area contributed by atoms with Crippen molar-refractivity contribution < 1.29 is 4.39 Å². The number of fused-ring (bicyclic) bond motifs is 1. The average molecular weight is 335 g/mol. The van der Waals surface area contributed by atoms with Gasteiger partial charge in [0.1, 0.15) is 11.6 Å². The number of nitrogens with zero attached hydrogens (tertiary/aromatic N) is 2. The molecule has 0 fully saturated rings. The number of alkyl halides is 1. The van der Waals surface area contributed by atoms with E-state index < -0.39 is 5.82 Å². The third kappa shape index (κ3) is 3.23. The van der Waals surface area contributed by atoms with Crippen molar-refractivity contribution >= 4 is 46.0 Å². The van der Waals surface area contributed by atoms with E-state index >= 15 is 0 Å². The predicted molar refractivity (Wildman–Crippen MR) is 86.7 cm³/mol. The smallest absolute Gasteiger partial charge is 0.144 e. The third-order valence-electron chi connectivity index (χ3n) is 3.28. The number of halogens is 3. The Morgan fingerprint density at radius 2 is 2.10 bits per heavy atom. The minimum atomic E-state index is -0.417. The molecule has 0 saturated heterocycles. The van der Waals surface area contributed by atoms with E-state index in [1.54, 1.807) is 17.8 Å². The molecule has 0 bridgehead atoms. The summed E-state index contributed by atoms with van der Waals surface area (Å²) in [6.07, 6.45) is 2.72. The Balaban J connectivity index is 2.58. The van der Waals surface area contributed by atoms with Crippen molar-refractivity contribution in [3.63, 3.8) is 0 Å². The van der Waals surface area contributed by atoms with E-state index in [0.717, 1.165) is 17.9 Å². The van der Waals surface area contributed by atoms with Crippen molar-refractivity contribution in [1.29, 1.82) is 0 Å². The Morgan fingerprint density at radius 1 is 1.40 bits per heavy atom. The lowest BCUT2D eigenvalue weighted by molar-refractivity contribution is 0.560. The van der Waals surface area contributed by atoms with Crippen molar-refractivity contribution in [2.24, 2.45) is 0 Å². The van der Waals surface area contributed by atoms with Gasteiger partial charge in [-0.15, -0.1) is 11.6 Å². The van der Waals surface area contributed by atoms with Gasteiger partial charge in [0, 0.05) is 29.7 Å². The van der Waals surface area contributed by atoms with E-state index in [-0.39, 0.29) is 9.77 Å². The molecule has 6 heteroatoms. The fourth-order valence-corrected chi connectivity index (χ4v) is 2.65. The molecule has 0 unspecified atom stereocenters. The van der Waals surface area contributed by atoms with Gasteiger partial charge >= 0.3 is 0 Å². The van der Waals surface area contributed by atoms with Gasteiger partial charge in [-0.3, -0.25) is 0 Å². The molecule has 1 aromatic carbocycles. The molecule has 0 aliphatic carbocycles. The Morgan fingerprint density at radius 3 is 2.70 bits per heavy atom. The normalized spacial score (nSPS) is 12.3. The molecule has 2 nitrogen and oxygen atoms in total. The van der Waals surface area contributed by atoms with Crippen LogP contribution in [-0.4, -0.2) is 26.4 Å². The molecule has 1 aromatic heterocycles. The second kappa shape index (κ2) is 6.12. The first-order valence-electron chi connectivity index (χ1n) is 6.33. The highest BCUT2D eigenvalue weighted by molar-refractivity contribution is 7.99. The summed E-state index contributed by atoms with van der Waals surface area (Å²) in [5.74, 6) is 0.942. The third-order valence-corrected chi connectivity index (χ3v) is 4.99. The van der Waals surface area contributed by atoms with Crippen molar-refractivity contribution in [1.82, 2.24) is 9.55 Å². The Hall–Kier alpha value is -0.450. The number of imidazole rings is 1. The zero-order chi connectivity index (χ0) is 14.9. The maximum absolute atomic E-state index is 13.7. The minimum absolute atomic E-state index is 0.0325. The maximum atomic E-state index is 13.7. The van der Waals surface area contributed by atoms with E-state index in [2.05, 4.69) is 25.1 Å². The number of aromatic nitrogens is 2. The van der Waals surface area contributed by atoms with Crippen molar-refractivity contribution in [2.75, 3.05) is 12.1 Å². The van der Waals surface area contributed by atoms with Crippen LogP contribution in [0.15, 0.2) is 12.1 Å². The first-order valence-corrected chi connectivity index (χ1v) is 8.47. The quantitative estimate of drug-likeness (QED) is 0.734. The molecule has 2 rings (SSSR count). The molecular formula is C14H17Cl2FN2S. The zero-order valence-corrected chi connectivity index (χ0v) is 14.0. The van der Waals surface area contributed by atoms with Gasteiger partial charge in [-0.1, -0.05) is 11.6 Å². The van der Waals surface area contributed by atoms with Crippen LogP contribution in [0.1, 0.15) is 19.7 Å². The second-order valence-electron chi connectivity index (χ2n) is 5.27. The lowest BCUT2D eigenvalue weighted by atomic mass is 10.2. The van der Waals surface area contributed by atoms with Gasteiger partial charge in [0.25, 0.3) is 0 Å². The Labute approximate surface area is 132 Å². The average Bonchev–Trinajstić information content (AvgIpc) is 2.68. The summed E-state index contributed by atoms with van der Waals surface area (Å²) in [4.78, 5) is 4.54. The lowest BCUT2D eigenvalue weighted by Gasteiger charge is -2.24. The molecule has 2 aromatic rings. The van der Waals surface area contributed by atoms with Gasteiger partial charge in [0.15, 0.2) is 0 Å². The highest BCUT2D eigenvalue weighted by Crippen LogP contribution is 2.29. The van der Waals surface area contributed by atoms with Crippen LogP contribution >= 0.6 is 35.0 Å². The number of aryl methyl sites for hydroxylation is 1. The van der Waals surface area contributed by atoms with E-state index in [4.69, 9.17) is 23.2 Å². The summed E-state index contributed by atoms with van der Waals surface area (Å²) >= 11 is 13.4. The van der Waals surface area contributed by atoms with E-state index in [1.165, 1.54) is 6.07 Å². The first-order chi connectivity index (χ1) is 9.38. The van der Waals surface area contributed by atoms with Crippen LogP contribution in [0.2, 0.25) is 5.02 Å². The highest BCUT2D eigenvalue weighted by atomic mass is 35.5. The molecule has 0 saturated carbocycles. The first kappa shape index (κ1) is 15.9. The van der Waals surface area contributed by atoms with Crippen LogP contribution in [0, 0.1) is 5.82 Å². The molecule has 0 N–H and O–H groups in total. The van der Waals surface area contributed by atoms with E-state index in [1.807, 2.05) is 4.57 Å². The Bertz CT molecular complexity index is 625. The highest BCUT2D eigenvalue weighted by Gasteiger charge is 2.21. The molecule has 0 radical (unpaired) electrons. The molecule has 20 heavy (non-hydrogen) atoms. The van der Waals surface area contributed by atoms with Crippen LogP contribution in [0.3, 0.4) is 0 Å². The van der Waals surface area contributed by atoms with Gasteiger partial charge in [0.2, 0.25) is 0 Å². The molecule has 0 aliphatic heterocycles. The fraction of sp³-hybridized carbons (Fsp3) is 0.500. The molecule has 0 atom stereocenters. The molecule has 1 heterocycles. The molecule has 0 spiro atoms. The molecule has 0 aliphatic rings. The van der Waals surface area contributed by atoms with Gasteiger partial charge in [-0.05, 0) is 26.2 Å². The van der Waals surface area contributed by atoms with E-state index in [9.17, 15) is 4.39 Å². The summed E-state index contributed by atoms with van der Waals surface area (Å²) in [5, 5.41) is 0.101. The van der Waals surface area contributed by atoms with Crippen LogP contribution < -0.4 is 0 Å². The number of hydrogen-bond acceptors (Lipinski definition) is 2. The summed E-state index contributed by atoms with van der Waals surface area (Å²) in [5.41, 5.74) is 1.49. The van der Waals surface area contributed by atoms with Gasteiger partial charge in [-0.25, -0.2) is 9.37 Å². The number of rotatable bonds is 5. The van der Waals surface area contributed by atoms with Gasteiger partial charge < -0.3 is 4.57 Å². The maximum Gasteiger partial charge on any atom is 0.144 e.